The van der Waals surface area contributed by atoms with Crippen molar-refractivity contribution in [3.63, 3.8) is 0 Å². The van der Waals surface area contributed by atoms with Crippen molar-refractivity contribution in [2.45, 2.75) is 44.1 Å². The van der Waals surface area contributed by atoms with Crippen LogP contribution in [0.1, 0.15) is 38.2 Å². The van der Waals surface area contributed by atoms with E-state index in [0.717, 1.165) is 37.8 Å². The van der Waals surface area contributed by atoms with E-state index in [2.05, 4.69) is 18.4 Å². The molecule has 122 valence electrons. The second-order valence-corrected chi connectivity index (χ2v) is 7.37. The molecule has 2 unspecified atom stereocenters. The number of nitriles is 1. The highest BCUT2D eigenvalue weighted by molar-refractivity contribution is 6.30. The first-order chi connectivity index (χ1) is 11.0. The van der Waals surface area contributed by atoms with Gasteiger partial charge in [0.15, 0.2) is 6.19 Å². The Morgan fingerprint density at radius 2 is 2.09 bits per heavy atom. The van der Waals surface area contributed by atoms with Crippen LogP contribution in [0.5, 0.6) is 0 Å². The lowest BCUT2D eigenvalue weighted by Crippen LogP contribution is -2.46. The topological polar surface area (TPSA) is 56.1 Å². The van der Waals surface area contributed by atoms with Crippen molar-refractivity contribution in [2.75, 3.05) is 13.1 Å². The molecular weight excluding hydrogens is 310 g/mol. The first-order valence-electron chi connectivity index (χ1n) is 8.25. The van der Waals surface area contributed by atoms with Crippen LogP contribution < -0.4 is 5.32 Å². The molecule has 2 atom stereocenters. The number of benzene rings is 1. The monoisotopic (exact) mass is 331 g/mol. The van der Waals surface area contributed by atoms with Gasteiger partial charge in [-0.05, 0) is 49.3 Å². The van der Waals surface area contributed by atoms with Gasteiger partial charge in [-0.3, -0.25) is 4.79 Å². The number of nitrogens with one attached hydrogen (secondary N) is 1. The average molecular weight is 332 g/mol. The Balaban J connectivity index is 1.70. The summed E-state index contributed by atoms with van der Waals surface area (Å²) in [6, 6.07) is 7.63. The molecule has 1 saturated heterocycles. The number of carbonyl (C=O) groups is 1. The molecule has 0 bridgehead atoms. The van der Waals surface area contributed by atoms with Crippen molar-refractivity contribution in [1.82, 2.24) is 10.2 Å². The molecular formula is C18H22ClN3O. The average Bonchev–Trinajstić information content (AvgIpc) is 3.34. The van der Waals surface area contributed by atoms with Crippen LogP contribution >= 0.6 is 11.6 Å². The number of hydrogen-bond acceptors (Lipinski definition) is 3. The molecule has 2 aliphatic rings. The molecule has 1 saturated carbocycles. The minimum Gasteiger partial charge on any atom is -0.351 e. The van der Waals surface area contributed by atoms with Crippen LogP contribution in [0, 0.1) is 17.4 Å². The first-order valence-corrected chi connectivity index (χ1v) is 8.63. The molecule has 0 spiro atoms. The van der Waals surface area contributed by atoms with Crippen LogP contribution in [0.15, 0.2) is 24.3 Å². The Morgan fingerprint density at radius 3 is 2.70 bits per heavy atom. The molecule has 0 aromatic heterocycles. The summed E-state index contributed by atoms with van der Waals surface area (Å²) < 4.78 is 0. The summed E-state index contributed by atoms with van der Waals surface area (Å²) in [5.74, 6) is 0.612. The molecule has 0 radical (unpaired) electrons. The van der Waals surface area contributed by atoms with Gasteiger partial charge < -0.3 is 10.2 Å². The van der Waals surface area contributed by atoms with E-state index in [4.69, 9.17) is 11.6 Å². The number of carbonyl (C=O) groups excluding carboxylic acids is 1. The molecule has 1 amide bonds. The Hall–Kier alpha value is -1.73. The fourth-order valence-electron chi connectivity index (χ4n) is 3.47. The Labute approximate surface area is 142 Å². The molecule has 23 heavy (non-hydrogen) atoms. The lowest BCUT2D eigenvalue weighted by molar-refractivity contribution is -0.124. The zero-order valence-electron chi connectivity index (χ0n) is 13.4. The van der Waals surface area contributed by atoms with Crippen molar-refractivity contribution in [1.29, 1.82) is 5.26 Å². The smallest absolute Gasteiger partial charge is 0.230 e. The SMILES string of the molecule is CC1CCN(C#N)CC(NC(=O)C2(c3ccc(Cl)cc3)CC2)C1. The minimum atomic E-state index is -0.391. The van der Waals surface area contributed by atoms with Gasteiger partial charge in [0.2, 0.25) is 5.91 Å². The van der Waals surface area contributed by atoms with E-state index in [0.29, 0.717) is 17.5 Å². The Kier molecular flexibility index (Phi) is 4.50. The molecule has 1 aliphatic heterocycles. The normalized spacial score (nSPS) is 26.0. The maximum Gasteiger partial charge on any atom is 0.230 e. The van der Waals surface area contributed by atoms with Crippen molar-refractivity contribution in [2.24, 2.45) is 5.92 Å². The molecule has 1 heterocycles. The third-order valence-corrected chi connectivity index (χ3v) is 5.33. The number of hydrogen-bond donors (Lipinski definition) is 1. The summed E-state index contributed by atoms with van der Waals surface area (Å²) in [5.41, 5.74) is 0.649. The van der Waals surface area contributed by atoms with Gasteiger partial charge in [-0.25, -0.2) is 0 Å². The van der Waals surface area contributed by atoms with Gasteiger partial charge in [0.1, 0.15) is 0 Å². The molecule has 2 fully saturated rings. The number of likely N-dealkylation sites (tertiary alicyclic amines) is 1. The maximum atomic E-state index is 12.8. The van der Waals surface area contributed by atoms with Gasteiger partial charge >= 0.3 is 0 Å². The van der Waals surface area contributed by atoms with Crippen molar-refractivity contribution in [3.8, 4) is 6.19 Å². The first kappa shape index (κ1) is 16.1. The summed E-state index contributed by atoms with van der Waals surface area (Å²) >= 11 is 5.95. The van der Waals surface area contributed by atoms with Gasteiger partial charge in [-0.1, -0.05) is 30.7 Å². The predicted molar refractivity (Wildman–Crippen MR) is 89.9 cm³/mol. The Bertz CT molecular complexity index is 618. The summed E-state index contributed by atoms with van der Waals surface area (Å²) in [7, 11) is 0. The molecule has 1 aliphatic carbocycles. The molecule has 3 rings (SSSR count). The minimum absolute atomic E-state index is 0.0458. The third-order valence-electron chi connectivity index (χ3n) is 5.08. The lowest BCUT2D eigenvalue weighted by Gasteiger charge is -2.24. The van der Waals surface area contributed by atoms with Gasteiger partial charge in [0.05, 0.1) is 5.41 Å². The quantitative estimate of drug-likeness (QED) is 0.866. The predicted octanol–water partition coefficient (Wildman–Crippen LogP) is 3.07. The van der Waals surface area contributed by atoms with Gasteiger partial charge in [0.25, 0.3) is 0 Å². The summed E-state index contributed by atoms with van der Waals surface area (Å²) in [4.78, 5) is 14.6. The van der Waals surface area contributed by atoms with Crippen molar-refractivity contribution < 1.29 is 4.79 Å². The molecule has 1 aromatic carbocycles. The van der Waals surface area contributed by atoms with E-state index in [1.165, 1.54) is 0 Å². The second kappa shape index (κ2) is 6.41. The zero-order chi connectivity index (χ0) is 16.4. The van der Waals surface area contributed by atoms with E-state index in [9.17, 15) is 10.1 Å². The lowest BCUT2D eigenvalue weighted by atomic mass is 9.93. The molecule has 1 aromatic rings. The van der Waals surface area contributed by atoms with Crippen LogP contribution in [0.25, 0.3) is 0 Å². The fraction of sp³-hybridized carbons (Fsp3) is 0.556. The highest BCUT2D eigenvalue weighted by Gasteiger charge is 2.51. The van der Waals surface area contributed by atoms with Crippen LogP contribution in [0.2, 0.25) is 5.02 Å². The fourth-order valence-corrected chi connectivity index (χ4v) is 3.60. The largest absolute Gasteiger partial charge is 0.351 e. The van der Waals surface area contributed by atoms with Crippen molar-refractivity contribution >= 4 is 17.5 Å². The second-order valence-electron chi connectivity index (χ2n) is 6.93. The van der Waals surface area contributed by atoms with Crippen LogP contribution in [0.3, 0.4) is 0 Å². The highest BCUT2D eigenvalue weighted by atomic mass is 35.5. The molecule has 4 nitrogen and oxygen atoms in total. The summed E-state index contributed by atoms with van der Waals surface area (Å²) in [5, 5.41) is 13.1. The van der Waals surface area contributed by atoms with Gasteiger partial charge in [-0.2, -0.15) is 5.26 Å². The van der Waals surface area contributed by atoms with Crippen LogP contribution in [-0.2, 0) is 10.2 Å². The van der Waals surface area contributed by atoms with E-state index >= 15 is 0 Å². The summed E-state index contributed by atoms with van der Waals surface area (Å²) in [6.45, 7) is 3.59. The van der Waals surface area contributed by atoms with Gasteiger partial charge in [-0.15, -0.1) is 0 Å². The van der Waals surface area contributed by atoms with Gasteiger partial charge in [0, 0.05) is 24.2 Å². The maximum absolute atomic E-state index is 12.8. The molecule has 5 heteroatoms. The van der Waals surface area contributed by atoms with E-state index in [-0.39, 0.29) is 11.9 Å². The highest BCUT2D eigenvalue weighted by Crippen LogP contribution is 2.48. The third kappa shape index (κ3) is 3.45. The van der Waals surface area contributed by atoms with Crippen LogP contribution in [0.4, 0.5) is 0 Å². The number of amides is 1. The number of halogens is 1. The van der Waals surface area contributed by atoms with Crippen LogP contribution in [-0.4, -0.2) is 29.9 Å². The number of rotatable bonds is 3. The standard InChI is InChI=1S/C18H22ClN3O/c1-13-6-9-22(12-20)11-16(10-13)21-17(23)18(7-8-18)14-2-4-15(19)5-3-14/h2-5,13,16H,6-11H2,1H3,(H,21,23). The number of nitrogens with zero attached hydrogens (tertiary/aromatic N) is 2. The molecule has 1 N–H and O–H groups in total. The van der Waals surface area contributed by atoms with E-state index in [1.54, 1.807) is 4.90 Å². The zero-order valence-corrected chi connectivity index (χ0v) is 14.1. The summed E-state index contributed by atoms with van der Waals surface area (Å²) in [6.07, 6.45) is 5.92. The Morgan fingerprint density at radius 1 is 1.39 bits per heavy atom. The van der Waals surface area contributed by atoms with E-state index < -0.39 is 5.41 Å². The van der Waals surface area contributed by atoms with Crippen molar-refractivity contribution in [3.05, 3.63) is 34.9 Å². The van der Waals surface area contributed by atoms with E-state index in [1.807, 2.05) is 24.3 Å².